The number of benzene rings is 1. The summed E-state index contributed by atoms with van der Waals surface area (Å²) in [5.74, 6) is -1.49. The van der Waals surface area contributed by atoms with Crippen LogP contribution in [-0.2, 0) is 9.59 Å². The molecule has 1 fully saturated rings. The Labute approximate surface area is 134 Å². The molecule has 0 unspecified atom stereocenters. The number of hydrogen-bond donors (Lipinski definition) is 1. The molecule has 122 valence electrons. The highest BCUT2D eigenvalue weighted by atomic mass is 19.1. The van der Waals surface area contributed by atoms with Crippen LogP contribution in [0.25, 0.3) is 0 Å². The lowest BCUT2D eigenvalue weighted by Gasteiger charge is -2.29. The van der Waals surface area contributed by atoms with Crippen molar-refractivity contribution >= 4 is 11.9 Å². The normalized spacial score (nSPS) is 21.3. The quantitative estimate of drug-likeness (QED) is 0.668. The van der Waals surface area contributed by atoms with Crippen molar-refractivity contribution in [1.82, 2.24) is 4.90 Å². The molecule has 23 heavy (non-hydrogen) atoms. The molecule has 0 spiro atoms. The number of aliphatic carboxylic acids is 1. The highest BCUT2D eigenvalue weighted by Gasteiger charge is 2.36. The highest BCUT2D eigenvalue weighted by Crippen LogP contribution is 2.37. The number of amides is 1. The Morgan fingerprint density at radius 2 is 2.17 bits per heavy atom. The summed E-state index contributed by atoms with van der Waals surface area (Å²) in [5, 5.41) is 9.05. The van der Waals surface area contributed by atoms with E-state index in [4.69, 9.17) is 5.11 Å². The first kappa shape index (κ1) is 16.9. The zero-order chi connectivity index (χ0) is 17.0. The van der Waals surface area contributed by atoms with Gasteiger partial charge in [0.15, 0.2) is 0 Å². The summed E-state index contributed by atoms with van der Waals surface area (Å²) in [6, 6.07) is 5.65. The maximum atomic E-state index is 13.5. The van der Waals surface area contributed by atoms with E-state index < -0.39 is 5.97 Å². The van der Waals surface area contributed by atoms with E-state index in [1.807, 2.05) is 0 Å². The van der Waals surface area contributed by atoms with Gasteiger partial charge in [0.25, 0.3) is 0 Å². The average molecular weight is 317 g/mol. The fraction of sp³-hybridized carbons (Fsp3) is 0.333. The first-order valence-corrected chi connectivity index (χ1v) is 7.53. The van der Waals surface area contributed by atoms with Gasteiger partial charge in [-0.1, -0.05) is 24.3 Å². The second kappa shape index (κ2) is 7.22. The van der Waals surface area contributed by atoms with Crippen LogP contribution in [-0.4, -0.2) is 27.9 Å². The lowest BCUT2D eigenvalue weighted by Crippen LogP contribution is -2.36. The standard InChI is InChI=1S/C18H20FNO3/c1-3-5-17(21)20-15(10-12(2)18(22)23)8-9-16(20)13-6-4-7-14(19)11-13/h3-4,6-7,10-11,15-16H,1,5,8-9H2,2H3,(H,22,23)/b12-10+/t15-,16+/m1/s1. The summed E-state index contributed by atoms with van der Waals surface area (Å²) >= 11 is 0. The molecule has 1 aromatic rings. The summed E-state index contributed by atoms with van der Waals surface area (Å²) < 4.78 is 13.5. The maximum Gasteiger partial charge on any atom is 0.331 e. The maximum absolute atomic E-state index is 13.5. The third-order valence-electron chi connectivity index (χ3n) is 4.05. The average Bonchev–Trinajstić information content (AvgIpc) is 2.91. The third-order valence-corrected chi connectivity index (χ3v) is 4.05. The number of carboxylic acid groups (broad SMARTS) is 1. The Kier molecular flexibility index (Phi) is 5.32. The Bertz CT molecular complexity index is 653. The van der Waals surface area contributed by atoms with Gasteiger partial charge in [-0.25, -0.2) is 9.18 Å². The number of carboxylic acids is 1. The summed E-state index contributed by atoms with van der Waals surface area (Å²) in [7, 11) is 0. The molecule has 0 aromatic heterocycles. The van der Waals surface area contributed by atoms with Gasteiger partial charge in [-0.15, -0.1) is 6.58 Å². The predicted molar refractivity (Wildman–Crippen MR) is 85.2 cm³/mol. The summed E-state index contributed by atoms with van der Waals surface area (Å²) in [4.78, 5) is 25.2. The molecule has 1 saturated heterocycles. The van der Waals surface area contributed by atoms with Gasteiger partial charge in [-0.3, -0.25) is 4.79 Å². The molecule has 2 rings (SSSR count). The van der Waals surface area contributed by atoms with E-state index in [0.717, 1.165) is 5.56 Å². The van der Waals surface area contributed by atoms with Crippen molar-refractivity contribution in [3.05, 3.63) is 60.0 Å². The zero-order valence-electron chi connectivity index (χ0n) is 13.0. The van der Waals surface area contributed by atoms with E-state index in [2.05, 4.69) is 6.58 Å². The van der Waals surface area contributed by atoms with Gasteiger partial charge in [0, 0.05) is 12.0 Å². The molecule has 1 N–H and O–H groups in total. The smallest absolute Gasteiger partial charge is 0.331 e. The fourth-order valence-corrected chi connectivity index (χ4v) is 2.99. The van der Waals surface area contributed by atoms with Crippen LogP contribution in [0.1, 0.15) is 37.8 Å². The molecule has 1 amide bonds. The summed E-state index contributed by atoms with van der Waals surface area (Å²) in [6.45, 7) is 5.09. The Morgan fingerprint density at radius 3 is 2.78 bits per heavy atom. The minimum atomic E-state index is -1.00. The number of halogens is 1. The van der Waals surface area contributed by atoms with Crippen LogP contribution in [0, 0.1) is 5.82 Å². The van der Waals surface area contributed by atoms with E-state index in [1.165, 1.54) is 25.1 Å². The Morgan fingerprint density at radius 1 is 1.43 bits per heavy atom. The molecule has 2 atom stereocenters. The van der Waals surface area contributed by atoms with Crippen LogP contribution in [0.4, 0.5) is 4.39 Å². The second-order valence-electron chi connectivity index (χ2n) is 5.66. The number of rotatable bonds is 5. The molecule has 0 radical (unpaired) electrons. The van der Waals surface area contributed by atoms with E-state index >= 15 is 0 Å². The van der Waals surface area contributed by atoms with E-state index in [-0.39, 0.29) is 35.8 Å². The largest absolute Gasteiger partial charge is 0.478 e. The van der Waals surface area contributed by atoms with Gasteiger partial charge in [-0.05, 0) is 37.5 Å². The summed E-state index contributed by atoms with van der Waals surface area (Å²) in [6.07, 6.45) is 4.61. The van der Waals surface area contributed by atoms with Crippen molar-refractivity contribution in [2.24, 2.45) is 0 Å². The molecule has 1 aliphatic rings. The molecule has 1 aromatic carbocycles. The molecular formula is C18H20FNO3. The lowest BCUT2D eigenvalue weighted by molar-refractivity contribution is -0.134. The van der Waals surface area contributed by atoms with Crippen molar-refractivity contribution in [3.63, 3.8) is 0 Å². The molecule has 5 heteroatoms. The molecule has 0 bridgehead atoms. The minimum absolute atomic E-state index is 0.133. The fourth-order valence-electron chi connectivity index (χ4n) is 2.99. The Balaban J connectivity index is 2.36. The van der Waals surface area contributed by atoms with Crippen molar-refractivity contribution in [1.29, 1.82) is 0 Å². The molecule has 1 heterocycles. The van der Waals surface area contributed by atoms with Crippen LogP contribution in [0.2, 0.25) is 0 Å². The van der Waals surface area contributed by atoms with Gasteiger partial charge >= 0.3 is 5.97 Å². The highest BCUT2D eigenvalue weighted by molar-refractivity contribution is 5.86. The molecular weight excluding hydrogens is 297 g/mol. The van der Waals surface area contributed by atoms with E-state index in [0.29, 0.717) is 12.8 Å². The van der Waals surface area contributed by atoms with Gasteiger partial charge in [0.05, 0.1) is 12.1 Å². The molecule has 0 aliphatic carbocycles. The molecule has 1 aliphatic heterocycles. The molecule has 0 saturated carbocycles. The van der Waals surface area contributed by atoms with Crippen LogP contribution in [0.3, 0.4) is 0 Å². The minimum Gasteiger partial charge on any atom is -0.478 e. The number of nitrogens with zero attached hydrogens (tertiary/aromatic N) is 1. The monoisotopic (exact) mass is 317 g/mol. The third kappa shape index (κ3) is 3.86. The first-order valence-electron chi connectivity index (χ1n) is 7.53. The van der Waals surface area contributed by atoms with Crippen LogP contribution in [0.15, 0.2) is 48.6 Å². The zero-order valence-corrected chi connectivity index (χ0v) is 13.0. The van der Waals surface area contributed by atoms with E-state index in [1.54, 1.807) is 23.1 Å². The number of carbonyl (C=O) groups excluding carboxylic acids is 1. The first-order chi connectivity index (χ1) is 10.9. The van der Waals surface area contributed by atoms with Gasteiger partial charge in [0.2, 0.25) is 5.91 Å². The number of hydrogen-bond acceptors (Lipinski definition) is 2. The van der Waals surface area contributed by atoms with Crippen LogP contribution < -0.4 is 0 Å². The van der Waals surface area contributed by atoms with Crippen LogP contribution in [0.5, 0.6) is 0 Å². The van der Waals surface area contributed by atoms with Crippen LogP contribution >= 0.6 is 0 Å². The lowest BCUT2D eigenvalue weighted by atomic mass is 10.0. The topological polar surface area (TPSA) is 57.6 Å². The van der Waals surface area contributed by atoms with Gasteiger partial charge < -0.3 is 10.0 Å². The molecule has 4 nitrogen and oxygen atoms in total. The van der Waals surface area contributed by atoms with Gasteiger partial charge in [0.1, 0.15) is 5.82 Å². The van der Waals surface area contributed by atoms with Gasteiger partial charge in [-0.2, -0.15) is 0 Å². The van der Waals surface area contributed by atoms with Crippen molar-refractivity contribution in [2.45, 2.75) is 38.3 Å². The number of likely N-dealkylation sites (tertiary alicyclic amines) is 1. The number of carbonyl (C=O) groups is 2. The summed E-state index contributed by atoms with van der Waals surface area (Å²) in [5.41, 5.74) is 0.928. The van der Waals surface area contributed by atoms with Crippen molar-refractivity contribution < 1.29 is 19.1 Å². The van der Waals surface area contributed by atoms with E-state index in [9.17, 15) is 14.0 Å². The van der Waals surface area contributed by atoms with Crippen molar-refractivity contribution in [2.75, 3.05) is 0 Å². The Hall–Kier alpha value is -2.43. The SMILES string of the molecule is C=CCC(=O)N1[C@@H](/C=C(\C)C(=O)O)CC[C@H]1c1cccc(F)c1. The predicted octanol–water partition coefficient (Wildman–Crippen LogP) is 3.46. The second-order valence-corrected chi connectivity index (χ2v) is 5.66. The van der Waals surface area contributed by atoms with Crippen molar-refractivity contribution in [3.8, 4) is 0 Å².